The molecular formula is C67H104N6O15. The number of piperidine rings is 1. The number of ether oxygens (including phenoxy) is 7. The predicted octanol–water partition coefficient (Wildman–Crippen LogP) is 6.81. The number of hydrogen-bond donors (Lipinski definition) is 2. The molecule has 1 aromatic heterocycles. The third-order valence-corrected chi connectivity index (χ3v) is 18.9. The van der Waals surface area contributed by atoms with E-state index in [9.17, 15) is 39.0 Å². The maximum absolute atomic E-state index is 14.9. The van der Waals surface area contributed by atoms with Crippen molar-refractivity contribution in [3.8, 4) is 0 Å². The van der Waals surface area contributed by atoms with Gasteiger partial charge < -0.3 is 63.0 Å². The maximum atomic E-state index is 14.9. The van der Waals surface area contributed by atoms with Crippen LogP contribution in [0.15, 0.2) is 60.0 Å². The molecule has 0 spiro atoms. The number of rotatable bonds is 14. The molecule has 2 bridgehead atoms. The van der Waals surface area contributed by atoms with Crippen molar-refractivity contribution in [1.82, 2.24) is 24.7 Å². The number of carbonyl (C=O) groups excluding carboxylic acids is 6. The molecular weight excluding hydrogens is 1130 g/mol. The number of aromatic nitrogens is 2. The first-order chi connectivity index (χ1) is 41.9. The van der Waals surface area contributed by atoms with E-state index >= 15 is 0 Å². The smallest absolute Gasteiger partial charge is 0.329 e. The lowest BCUT2D eigenvalue weighted by molar-refractivity contribution is -0.265. The van der Waals surface area contributed by atoms with Crippen LogP contribution in [0, 0.1) is 35.5 Å². The number of cyclic esters (lactones) is 1. The van der Waals surface area contributed by atoms with Crippen molar-refractivity contribution < 1.29 is 72.1 Å². The number of aliphatic hydroxyl groups excluding tert-OH is 1. The van der Waals surface area contributed by atoms with Gasteiger partial charge in [0, 0.05) is 111 Å². The van der Waals surface area contributed by atoms with Gasteiger partial charge in [-0.2, -0.15) is 0 Å². The summed E-state index contributed by atoms with van der Waals surface area (Å²) in [6, 6.07) is -1.12. The molecule has 16 atom stereocenters. The van der Waals surface area contributed by atoms with Crippen LogP contribution in [-0.2, 0) is 68.3 Å². The summed E-state index contributed by atoms with van der Waals surface area (Å²) in [5.41, 5.74) is 2.19. The van der Waals surface area contributed by atoms with Gasteiger partial charge in [-0.3, -0.25) is 24.0 Å². The van der Waals surface area contributed by atoms with Crippen molar-refractivity contribution in [3.05, 3.63) is 65.6 Å². The minimum Gasteiger partial charge on any atom is -0.460 e. The number of Topliss-reactive ketones (excluding diaryl/α,β-unsaturated/α-hetero) is 2. The van der Waals surface area contributed by atoms with Crippen LogP contribution < -0.4 is 4.90 Å². The van der Waals surface area contributed by atoms with Crippen LogP contribution in [0.2, 0.25) is 0 Å². The fourth-order valence-corrected chi connectivity index (χ4v) is 13.3. The minimum absolute atomic E-state index is 0.0204. The Morgan fingerprint density at radius 1 is 0.795 bits per heavy atom. The number of nitrogens with zero attached hydrogens (tertiary/aromatic N) is 6. The molecule has 0 aromatic carbocycles. The Bertz CT molecular complexity index is 2590. The Balaban J connectivity index is 1.18. The van der Waals surface area contributed by atoms with Crippen LogP contribution in [0.3, 0.4) is 0 Å². The van der Waals surface area contributed by atoms with Gasteiger partial charge in [0.05, 0.1) is 31.0 Å². The molecule has 1 aliphatic carbocycles. The first kappa shape index (κ1) is 71.8. The molecule has 88 heavy (non-hydrogen) atoms. The highest BCUT2D eigenvalue weighted by atomic mass is 16.6. The summed E-state index contributed by atoms with van der Waals surface area (Å²) in [5, 5.41) is 23.9. The summed E-state index contributed by atoms with van der Waals surface area (Å²) in [6.07, 6.45) is 15.6. The molecule has 492 valence electrons. The number of allylic oxidation sites excluding steroid dienone is 5. The fraction of sp³-hybridized carbons (Fsp3) is 0.731. The predicted molar refractivity (Wildman–Crippen MR) is 333 cm³/mol. The molecule has 5 heterocycles. The van der Waals surface area contributed by atoms with Gasteiger partial charge in [0.1, 0.15) is 30.5 Å². The van der Waals surface area contributed by atoms with Crippen LogP contribution in [0.25, 0.3) is 0 Å². The Morgan fingerprint density at radius 3 is 2.16 bits per heavy atom. The lowest BCUT2D eigenvalue weighted by Gasteiger charge is -2.43. The van der Waals surface area contributed by atoms with E-state index in [1.54, 1.807) is 47.6 Å². The van der Waals surface area contributed by atoms with Crippen molar-refractivity contribution in [3.63, 3.8) is 0 Å². The van der Waals surface area contributed by atoms with Gasteiger partial charge in [-0.1, -0.05) is 71.1 Å². The number of anilines is 1. The molecule has 21 heteroatoms. The summed E-state index contributed by atoms with van der Waals surface area (Å²) in [5.74, 6) is -6.86. The van der Waals surface area contributed by atoms with Crippen molar-refractivity contribution in [2.24, 2.45) is 35.5 Å². The van der Waals surface area contributed by atoms with E-state index in [4.69, 9.17) is 33.2 Å². The third kappa shape index (κ3) is 19.6. The standard InChI is InChI=1S/C67H104N6O15/c1-42-19-15-14-16-20-43(2)54(82-10)37-51-25-22-48(7)67(81,88-51)63(78)64(79)73-28-18-17-21-52(73)65(80)87-56(38-55(83-11)44(3)34-47(6)61(77)62(85-13)60(76)46(5)33-42)45(4)35-49-23-26-53(57(36-49)84-12)86-59(75)27-24-50-39-68-66(69-40-50)72-31-29-71(30-32-72)58(74)41-70(8)9/h14-16,19-20,34,39-40,42,44-46,48-49,51-57,61-62,77,81H,17-18,21-33,35-38,41H2,1-13H3/b16-14+,19-15+,43-20+,47-34+/t42-,44-,45-,46-,48-,49+,51+,52+,53-,54+,55-,56+,57-,61-,62+,67-/m1/s1. The Labute approximate surface area is 522 Å². The van der Waals surface area contributed by atoms with Gasteiger partial charge in [-0.15, -0.1) is 0 Å². The quantitative estimate of drug-likeness (QED) is 0.110. The van der Waals surface area contributed by atoms with Crippen LogP contribution in [0.5, 0.6) is 0 Å². The second kappa shape index (κ2) is 34.2. The molecule has 6 rings (SSSR count). The van der Waals surface area contributed by atoms with Gasteiger partial charge >= 0.3 is 11.9 Å². The van der Waals surface area contributed by atoms with E-state index in [1.807, 2.05) is 95.0 Å². The summed E-state index contributed by atoms with van der Waals surface area (Å²) >= 11 is 0. The number of hydrogen-bond acceptors (Lipinski definition) is 19. The summed E-state index contributed by atoms with van der Waals surface area (Å²) in [4.78, 5) is 100.0. The highest BCUT2D eigenvalue weighted by Gasteiger charge is 2.53. The van der Waals surface area contributed by atoms with Crippen LogP contribution in [0.1, 0.15) is 138 Å². The van der Waals surface area contributed by atoms with E-state index < -0.39 is 90.2 Å². The van der Waals surface area contributed by atoms with Crippen molar-refractivity contribution in [1.29, 1.82) is 0 Å². The van der Waals surface area contributed by atoms with Crippen LogP contribution >= 0.6 is 0 Å². The molecule has 2 amide bonds. The number of fused-ring (bicyclic) bond motifs is 3. The van der Waals surface area contributed by atoms with Crippen molar-refractivity contribution in [2.45, 2.75) is 199 Å². The summed E-state index contributed by atoms with van der Waals surface area (Å²) < 4.78 is 42.7. The van der Waals surface area contributed by atoms with E-state index in [2.05, 4.69) is 14.9 Å². The van der Waals surface area contributed by atoms with Crippen LogP contribution in [-0.4, -0.2) is 213 Å². The Morgan fingerprint density at radius 2 is 1.50 bits per heavy atom. The Kier molecular flexibility index (Phi) is 27.9. The summed E-state index contributed by atoms with van der Waals surface area (Å²) in [6.45, 7) is 16.1. The first-order valence-corrected chi connectivity index (χ1v) is 32.1. The average Bonchev–Trinajstić information content (AvgIpc) is 1.22. The second-order valence-electron chi connectivity index (χ2n) is 26.0. The highest BCUT2D eigenvalue weighted by molar-refractivity contribution is 6.39. The van der Waals surface area contributed by atoms with Crippen LogP contribution in [0.4, 0.5) is 5.95 Å². The molecule has 1 aromatic rings. The molecule has 5 aliphatic rings. The second-order valence-corrected chi connectivity index (χ2v) is 26.0. The summed E-state index contributed by atoms with van der Waals surface area (Å²) in [7, 11) is 9.95. The number of esters is 2. The zero-order valence-corrected chi connectivity index (χ0v) is 54.8. The largest absolute Gasteiger partial charge is 0.460 e. The maximum Gasteiger partial charge on any atom is 0.329 e. The van der Waals surface area contributed by atoms with Gasteiger partial charge in [0.2, 0.25) is 17.6 Å². The molecule has 3 saturated heterocycles. The fourth-order valence-electron chi connectivity index (χ4n) is 13.3. The molecule has 1 saturated carbocycles. The number of ketones is 2. The number of aliphatic hydroxyl groups is 2. The average molecular weight is 1230 g/mol. The van der Waals surface area contributed by atoms with E-state index in [1.165, 1.54) is 12.0 Å². The van der Waals surface area contributed by atoms with Gasteiger partial charge in [0.25, 0.3) is 11.7 Å². The number of aryl methyl sites for hydroxylation is 1. The lowest BCUT2D eigenvalue weighted by Crippen LogP contribution is -2.61. The number of carbonyl (C=O) groups is 6. The van der Waals surface area contributed by atoms with Gasteiger partial charge in [-0.05, 0) is 133 Å². The molecule has 4 fully saturated rings. The molecule has 4 aliphatic heterocycles. The number of methoxy groups -OCH3 is 4. The molecule has 0 radical (unpaired) electrons. The van der Waals surface area contributed by atoms with Gasteiger partial charge in [-0.25, -0.2) is 14.8 Å². The first-order valence-electron chi connectivity index (χ1n) is 32.1. The van der Waals surface area contributed by atoms with Crippen molar-refractivity contribution in [2.75, 3.05) is 86.7 Å². The van der Waals surface area contributed by atoms with Crippen molar-refractivity contribution >= 4 is 41.3 Å². The molecule has 2 N–H and O–H groups in total. The third-order valence-electron chi connectivity index (χ3n) is 18.9. The zero-order valence-electron chi connectivity index (χ0n) is 54.8. The van der Waals surface area contributed by atoms with Gasteiger partial charge in [0.15, 0.2) is 5.78 Å². The Hall–Kier alpha value is -5.26. The topological polar surface area (TPSA) is 246 Å². The monoisotopic (exact) mass is 1230 g/mol. The lowest BCUT2D eigenvalue weighted by atomic mass is 9.78. The molecule has 21 nitrogen and oxygen atoms in total. The SMILES string of the molecule is CO[C@H]1C[C@@H]2CC[C@@H](C)[C@@](O)(O2)C(=O)C(=O)N2CCCC[C@H]2C(=O)O[C@H]([C@H](C)C[C@@H]2CC[C@@H](OC(=O)CCc3cnc(N4CCN(C(=O)CN(C)C)CC4)nc3)[C@H](OC)C2)C[C@@H](OC)[C@H](C)/C=C(\C)[C@@H](O)[C@@H](OC)C(=O)[C@H](C)C[C@H](C)/C=C/C=C/C=C/1C. The number of likely N-dealkylation sites (N-methyl/N-ethyl adjacent to an activating group) is 1. The van der Waals surface area contributed by atoms with E-state index in [0.29, 0.717) is 115 Å². The number of amides is 2. The number of piperazine rings is 1. The highest BCUT2D eigenvalue weighted by Crippen LogP contribution is 2.39. The minimum atomic E-state index is -2.44. The molecule has 0 unspecified atom stereocenters. The van der Waals surface area contributed by atoms with E-state index in [0.717, 1.165) is 11.1 Å². The normalized spacial score (nSPS) is 34.8. The van der Waals surface area contributed by atoms with E-state index in [-0.39, 0.29) is 67.1 Å². The zero-order chi connectivity index (χ0) is 64.4.